The Kier molecular flexibility index (Phi) is 8.52. The highest BCUT2D eigenvalue weighted by atomic mass is 127. The zero-order valence-corrected chi connectivity index (χ0v) is 19.8. The minimum atomic E-state index is 0. The number of pyridine rings is 1. The van der Waals surface area contributed by atoms with E-state index < -0.39 is 0 Å². The maximum atomic E-state index is 5.97. The first-order valence-electron chi connectivity index (χ1n) is 10.1. The Morgan fingerprint density at radius 2 is 1.87 bits per heavy atom. The maximum Gasteiger partial charge on any atom is 0.191 e. The molecule has 0 aliphatic carbocycles. The SMILES string of the molecule is CN=C(NCc1ccc(OCc2ccccn2)cc1)NCC1Cc2ccccc2O1.I. The first kappa shape index (κ1) is 22.9. The second-order valence-corrected chi connectivity index (χ2v) is 7.11. The van der Waals surface area contributed by atoms with Crippen LogP contribution in [0.15, 0.2) is 77.9 Å². The highest BCUT2D eigenvalue weighted by Crippen LogP contribution is 2.27. The Bertz CT molecular complexity index is 955. The van der Waals surface area contributed by atoms with Gasteiger partial charge in [-0.1, -0.05) is 36.4 Å². The molecule has 1 unspecified atom stereocenters. The van der Waals surface area contributed by atoms with E-state index in [1.807, 2.05) is 60.7 Å². The second-order valence-electron chi connectivity index (χ2n) is 7.11. The van der Waals surface area contributed by atoms with Crippen molar-refractivity contribution in [1.29, 1.82) is 0 Å². The quantitative estimate of drug-likeness (QED) is 0.275. The Balaban J connectivity index is 0.00000272. The summed E-state index contributed by atoms with van der Waals surface area (Å²) in [6, 6.07) is 22.0. The van der Waals surface area contributed by atoms with Gasteiger partial charge in [-0.3, -0.25) is 9.98 Å². The van der Waals surface area contributed by atoms with Gasteiger partial charge in [0.1, 0.15) is 24.2 Å². The van der Waals surface area contributed by atoms with E-state index in [0.29, 0.717) is 19.7 Å². The predicted molar refractivity (Wildman–Crippen MR) is 133 cm³/mol. The number of benzene rings is 2. The first-order chi connectivity index (χ1) is 14.8. The van der Waals surface area contributed by atoms with Gasteiger partial charge < -0.3 is 20.1 Å². The van der Waals surface area contributed by atoms with Crippen LogP contribution < -0.4 is 20.1 Å². The van der Waals surface area contributed by atoms with Gasteiger partial charge in [-0.05, 0) is 41.5 Å². The molecular formula is C24H27IN4O2. The molecule has 4 rings (SSSR count). The van der Waals surface area contributed by atoms with E-state index in [0.717, 1.165) is 35.1 Å². The van der Waals surface area contributed by atoms with Gasteiger partial charge in [0, 0.05) is 26.2 Å². The molecule has 3 aromatic rings. The fourth-order valence-corrected chi connectivity index (χ4v) is 3.33. The minimum absolute atomic E-state index is 0. The van der Waals surface area contributed by atoms with E-state index in [-0.39, 0.29) is 30.1 Å². The van der Waals surface area contributed by atoms with Crippen molar-refractivity contribution < 1.29 is 9.47 Å². The summed E-state index contributed by atoms with van der Waals surface area (Å²) in [4.78, 5) is 8.56. The zero-order chi connectivity index (χ0) is 20.6. The van der Waals surface area contributed by atoms with Gasteiger partial charge in [-0.15, -0.1) is 24.0 Å². The monoisotopic (exact) mass is 530 g/mol. The van der Waals surface area contributed by atoms with Gasteiger partial charge in [-0.25, -0.2) is 0 Å². The summed E-state index contributed by atoms with van der Waals surface area (Å²) in [5, 5.41) is 6.69. The number of aliphatic imine (C=N–C) groups is 1. The highest BCUT2D eigenvalue weighted by molar-refractivity contribution is 14.0. The van der Waals surface area contributed by atoms with E-state index in [1.54, 1.807) is 13.2 Å². The minimum Gasteiger partial charge on any atom is -0.488 e. The lowest BCUT2D eigenvalue weighted by Crippen LogP contribution is -2.41. The van der Waals surface area contributed by atoms with Crippen molar-refractivity contribution in [2.45, 2.75) is 25.7 Å². The summed E-state index contributed by atoms with van der Waals surface area (Å²) in [5.74, 6) is 2.56. The van der Waals surface area contributed by atoms with Gasteiger partial charge in [-0.2, -0.15) is 0 Å². The summed E-state index contributed by atoms with van der Waals surface area (Å²) in [6.45, 7) is 1.84. The van der Waals surface area contributed by atoms with Crippen molar-refractivity contribution in [2.24, 2.45) is 4.99 Å². The largest absolute Gasteiger partial charge is 0.488 e. The van der Waals surface area contributed by atoms with Crippen LogP contribution in [-0.4, -0.2) is 30.6 Å². The number of hydrogen-bond acceptors (Lipinski definition) is 4. The number of ether oxygens (including phenoxy) is 2. The molecule has 0 spiro atoms. The van der Waals surface area contributed by atoms with Gasteiger partial charge in [0.25, 0.3) is 0 Å². The molecule has 1 aliphatic heterocycles. The molecule has 0 radical (unpaired) electrons. The summed E-state index contributed by atoms with van der Waals surface area (Å²) in [7, 11) is 1.77. The van der Waals surface area contributed by atoms with E-state index >= 15 is 0 Å². The third kappa shape index (κ3) is 6.58. The fraction of sp³-hybridized carbons (Fsp3) is 0.250. The average Bonchev–Trinajstić information content (AvgIpc) is 3.22. The Labute approximate surface area is 200 Å². The van der Waals surface area contributed by atoms with Crippen LogP contribution in [0, 0.1) is 0 Å². The van der Waals surface area contributed by atoms with E-state index in [4.69, 9.17) is 9.47 Å². The standard InChI is InChI=1S/C24H26N4O2.HI/c1-25-24(28-16-22-14-19-6-2-3-8-23(19)30-22)27-15-18-9-11-21(12-10-18)29-17-20-7-4-5-13-26-20;/h2-13,22H,14-17H2,1H3,(H2,25,27,28);1H. The molecule has 31 heavy (non-hydrogen) atoms. The average molecular weight is 530 g/mol. The molecule has 2 heterocycles. The predicted octanol–water partition coefficient (Wildman–Crippen LogP) is 3.95. The smallest absolute Gasteiger partial charge is 0.191 e. The lowest BCUT2D eigenvalue weighted by Gasteiger charge is -2.16. The van der Waals surface area contributed by atoms with E-state index in [9.17, 15) is 0 Å². The molecule has 2 aromatic carbocycles. The molecular weight excluding hydrogens is 503 g/mol. The van der Waals surface area contributed by atoms with Crippen molar-refractivity contribution in [2.75, 3.05) is 13.6 Å². The molecule has 0 fully saturated rings. The zero-order valence-electron chi connectivity index (χ0n) is 17.5. The third-order valence-corrected chi connectivity index (χ3v) is 4.93. The van der Waals surface area contributed by atoms with Gasteiger partial charge in [0.05, 0.1) is 12.2 Å². The molecule has 7 heteroatoms. The van der Waals surface area contributed by atoms with Crippen LogP contribution in [0.1, 0.15) is 16.8 Å². The molecule has 1 aliphatic rings. The van der Waals surface area contributed by atoms with Gasteiger partial charge in [0.2, 0.25) is 0 Å². The molecule has 0 bridgehead atoms. The number of nitrogens with zero attached hydrogens (tertiary/aromatic N) is 2. The number of para-hydroxylation sites is 1. The van der Waals surface area contributed by atoms with Crippen LogP contribution in [0.2, 0.25) is 0 Å². The molecule has 0 saturated heterocycles. The third-order valence-electron chi connectivity index (χ3n) is 4.93. The van der Waals surface area contributed by atoms with Crippen molar-refractivity contribution in [3.8, 4) is 11.5 Å². The lowest BCUT2D eigenvalue weighted by atomic mass is 10.1. The van der Waals surface area contributed by atoms with Crippen LogP contribution in [0.5, 0.6) is 11.5 Å². The summed E-state index contributed by atoms with van der Waals surface area (Å²) >= 11 is 0. The maximum absolute atomic E-state index is 5.97. The topological polar surface area (TPSA) is 67.8 Å². The highest BCUT2D eigenvalue weighted by Gasteiger charge is 2.22. The first-order valence-corrected chi connectivity index (χ1v) is 10.1. The summed E-state index contributed by atoms with van der Waals surface area (Å²) in [6.07, 6.45) is 2.81. The Morgan fingerprint density at radius 1 is 1.06 bits per heavy atom. The number of aromatic nitrogens is 1. The van der Waals surface area contributed by atoms with Gasteiger partial charge in [0.15, 0.2) is 5.96 Å². The van der Waals surface area contributed by atoms with Gasteiger partial charge >= 0.3 is 0 Å². The van der Waals surface area contributed by atoms with Crippen molar-refractivity contribution >= 4 is 29.9 Å². The van der Waals surface area contributed by atoms with E-state index in [1.165, 1.54) is 5.56 Å². The van der Waals surface area contributed by atoms with Crippen LogP contribution in [0.4, 0.5) is 0 Å². The van der Waals surface area contributed by atoms with Crippen LogP contribution in [0.25, 0.3) is 0 Å². The van der Waals surface area contributed by atoms with Crippen molar-refractivity contribution in [3.63, 3.8) is 0 Å². The summed E-state index contributed by atoms with van der Waals surface area (Å²) in [5.41, 5.74) is 3.32. The van der Waals surface area contributed by atoms with Crippen molar-refractivity contribution in [1.82, 2.24) is 15.6 Å². The molecule has 6 nitrogen and oxygen atoms in total. The number of guanidine groups is 1. The lowest BCUT2D eigenvalue weighted by molar-refractivity contribution is 0.235. The fourth-order valence-electron chi connectivity index (χ4n) is 3.33. The normalized spacial score (nSPS) is 14.7. The number of rotatable bonds is 7. The molecule has 162 valence electrons. The molecule has 1 atom stereocenters. The molecule has 0 amide bonds. The number of fused-ring (bicyclic) bond motifs is 1. The molecule has 1 aromatic heterocycles. The molecule has 2 N–H and O–H groups in total. The van der Waals surface area contributed by atoms with E-state index in [2.05, 4.69) is 26.7 Å². The number of hydrogen-bond donors (Lipinski definition) is 2. The second kappa shape index (κ2) is 11.5. The number of nitrogens with one attached hydrogen (secondary N) is 2. The van der Waals surface area contributed by atoms with Crippen molar-refractivity contribution in [3.05, 3.63) is 89.7 Å². The Morgan fingerprint density at radius 3 is 2.61 bits per heavy atom. The number of halogens is 1. The summed E-state index contributed by atoms with van der Waals surface area (Å²) < 4.78 is 11.8. The van der Waals surface area contributed by atoms with Crippen LogP contribution in [-0.2, 0) is 19.6 Å². The van der Waals surface area contributed by atoms with Crippen LogP contribution in [0.3, 0.4) is 0 Å². The van der Waals surface area contributed by atoms with Crippen LogP contribution >= 0.6 is 24.0 Å². The Hall–Kier alpha value is -2.81. The molecule has 0 saturated carbocycles.